The third-order valence-corrected chi connectivity index (χ3v) is 4.35. The smallest absolute Gasteiger partial charge is 0.280 e. The van der Waals surface area contributed by atoms with Gasteiger partial charge in [-0.2, -0.15) is 11.8 Å². The Labute approximate surface area is 116 Å². The average molecular weight is 280 g/mol. The van der Waals surface area contributed by atoms with Crippen LogP contribution in [0.5, 0.6) is 0 Å². The van der Waals surface area contributed by atoms with Gasteiger partial charge in [-0.15, -0.1) is 0 Å². The van der Waals surface area contributed by atoms with E-state index in [-0.39, 0.29) is 11.3 Å². The second-order valence-corrected chi connectivity index (χ2v) is 6.66. The van der Waals surface area contributed by atoms with Gasteiger partial charge in [-0.25, -0.2) is 0 Å². The van der Waals surface area contributed by atoms with Crippen molar-refractivity contribution in [3.63, 3.8) is 0 Å². The molecule has 0 aliphatic carbocycles. The number of anilines is 1. The van der Waals surface area contributed by atoms with Crippen molar-refractivity contribution in [1.82, 2.24) is 0 Å². The van der Waals surface area contributed by atoms with Gasteiger partial charge in [0.1, 0.15) is 0 Å². The summed E-state index contributed by atoms with van der Waals surface area (Å²) in [6.07, 6.45) is 0.549. The molecule has 1 fully saturated rings. The van der Waals surface area contributed by atoms with Crippen LogP contribution in [0.25, 0.3) is 0 Å². The Morgan fingerprint density at radius 1 is 1.37 bits per heavy atom. The predicted molar refractivity (Wildman–Crippen MR) is 77.2 cm³/mol. The molecule has 6 heteroatoms. The molecule has 2 unspecified atom stereocenters. The Balaban J connectivity index is 2.30. The normalized spacial score (nSPS) is 23.2. The molecular formula is C13H16N2O3S. The first kappa shape index (κ1) is 13.9. The van der Waals surface area contributed by atoms with Crippen LogP contribution in [0.1, 0.15) is 24.2 Å². The topological polar surface area (TPSA) is 63.4 Å². The molecule has 1 heterocycles. The van der Waals surface area contributed by atoms with E-state index in [0.717, 1.165) is 18.8 Å². The largest absolute Gasteiger partial charge is 0.369 e. The minimum Gasteiger partial charge on any atom is -0.369 e. The van der Waals surface area contributed by atoms with Crippen LogP contribution in [-0.4, -0.2) is 34.8 Å². The number of nitrogens with zero attached hydrogens (tertiary/aromatic N) is 2. The fourth-order valence-electron chi connectivity index (χ4n) is 2.39. The van der Waals surface area contributed by atoms with Crippen molar-refractivity contribution in [1.29, 1.82) is 0 Å². The molecule has 0 aromatic heterocycles. The molecule has 1 aromatic carbocycles. The Morgan fingerprint density at radius 3 is 2.53 bits per heavy atom. The molecule has 1 saturated heterocycles. The third-order valence-electron chi connectivity index (χ3n) is 3.12. The highest BCUT2D eigenvalue weighted by Gasteiger charge is 2.24. The minimum atomic E-state index is -0.523. The summed E-state index contributed by atoms with van der Waals surface area (Å²) in [5.74, 6) is 0. The van der Waals surface area contributed by atoms with Crippen LogP contribution in [0.4, 0.5) is 11.4 Å². The number of nitro benzene ring substituents is 1. The summed E-state index contributed by atoms with van der Waals surface area (Å²) in [6, 6.07) is 4.75. The number of carbonyl (C=O) groups excluding carboxylic acids is 1. The Bertz CT molecular complexity index is 497. The molecule has 1 aliphatic heterocycles. The molecule has 0 bridgehead atoms. The van der Waals surface area contributed by atoms with Gasteiger partial charge in [-0.3, -0.25) is 14.9 Å². The lowest BCUT2D eigenvalue weighted by Crippen LogP contribution is -2.40. The highest BCUT2D eigenvalue weighted by Crippen LogP contribution is 2.30. The van der Waals surface area contributed by atoms with Crippen molar-refractivity contribution >= 4 is 29.4 Å². The van der Waals surface area contributed by atoms with Crippen LogP contribution in [-0.2, 0) is 0 Å². The van der Waals surface area contributed by atoms with E-state index >= 15 is 0 Å². The molecule has 0 saturated carbocycles. The average Bonchev–Trinajstić information content (AvgIpc) is 2.36. The summed E-state index contributed by atoms with van der Waals surface area (Å²) in [5, 5.41) is 11.8. The van der Waals surface area contributed by atoms with E-state index in [0.29, 0.717) is 16.8 Å². The highest BCUT2D eigenvalue weighted by molar-refractivity contribution is 8.00. The van der Waals surface area contributed by atoms with E-state index in [1.807, 2.05) is 11.8 Å². The van der Waals surface area contributed by atoms with E-state index in [4.69, 9.17) is 0 Å². The monoisotopic (exact) mass is 280 g/mol. The fourth-order valence-corrected chi connectivity index (χ4v) is 3.71. The lowest BCUT2D eigenvalue weighted by Gasteiger charge is -2.36. The lowest BCUT2D eigenvalue weighted by atomic mass is 10.1. The molecule has 1 aliphatic rings. The van der Waals surface area contributed by atoms with Gasteiger partial charge >= 0.3 is 0 Å². The Morgan fingerprint density at radius 2 is 2.00 bits per heavy atom. The number of carbonyl (C=O) groups is 1. The molecule has 0 radical (unpaired) electrons. The molecule has 0 amide bonds. The zero-order valence-corrected chi connectivity index (χ0v) is 11.7. The summed E-state index contributed by atoms with van der Waals surface area (Å²) >= 11 is 1.94. The molecule has 2 rings (SSSR count). The van der Waals surface area contributed by atoms with Crippen LogP contribution in [0.3, 0.4) is 0 Å². The summed E-state index contributed by atoms with van der Waals surface area (Å²) in [7, 11) is 0. The van der Waals surface area contributed by atoms with Gasteiger partial charge in [0.2, 0.25) is 0 Å². The molecule has 102 valence electrons. The van der Waals surface area contributed by atoms with Crippen LogP contribution in [0.15, 0.2) is 18.2 Å². The first-order chi connectivity index (χ1) is 9.01. The van der Waals surface area contributed by atoms with Crippen molar-refractivity contribution in [3.05, 3.63) is 33.9 Å². The van der Waals surface area contributed by atoms with Crippen molar-refractivity contribution in [2.24, 2.45) is 0 Å². The van der Waals surface area contributed by atoms with Crippen LogP contribution in [0, 0.1) is 10.1 Å². The van der Waals surface area contributed by atoms with Gasteiger partial charge in [-0.1, -0.05) is 13.8 Å². The summed E-state index contributed by atoms with van der Waals surface area (Å²) < 4.78 is 0. The number of thioether (sulfide) groups is 1. The quantitative estimate of drug-likeness (QED) is 0.484. The molecule has 19 heavy (non-hydrogen) atoms. The Hall–Kier alpha value is -1.56. The fraction of sp³-hybridized carbons (Fsp3) is 0.462. The van der Waals surface area contributed by atoms with Crippen molar-refractivity contribution in [3.8, 4) is 0 Å². The standard InChI is InChI=1S/C13H16N2O3S/c1-9-6-14(7-10(2)19-9)12-3-4-13(15(17)18)11(5-12)8-16/h3-5,8-10H,6-7H2,1-2H3. The van der Waals surface area contributed by atoms with Crippen molar-refractivity contribution in [2.75, 3.05) is 18.0 Å². The summed E-state index contributed by atoms with van der Waals surface area (Å²) in [4.78, 5) is 23.4. The SMILES string of the molecule is CC1CN(c2ccc([N+](=O)[O-])c(C=O)c2)CC(C)S1. The maximum atomic E-state index is 11.0. The molecule has 2 atom stereocenters. The van der Waals surface area contributed by atoms with E-state index in [2.05, 4.69) is 18.7 Å². The van der Waals surface area contributed by atoms with Gasteiger partial charge in [-0.05, 0) is 12.1 Å². The zero-order valence-electron chi connectivity index (χ0n) is 10.9. The first-order valence-corrected chi connectivity index (χ1v) is 7.09. The van der Waals surface area contributed by atoms with Crippen molar-refractivity contribution < 1.29 is 9.72 Å². The lowest BCUT2D eigenvalue weighted by molar-refractivity contribution is -0.385. The second kappa shape index (κ2) is 5.61. The number of hydrogen-bond donors (Lipinski definition) is 0. The molecule has 1 aromatic rings. The predicted octanol–water partition coefficient (Wildman–Crippen LogP) is 2.74. The summed E-state index contributed by atoms with van der Waals surface area (Å²) in [6.45, 7) is 6.12. The molecular weight excluding hydrogens is 264 g/mol. The zero-order chi connectivity index (χ0) is 14.0. The van der Waals surface area contributed by atoms with Gasteiger partial charge in [0.25, 0.3) is 5.69 Å². The third kappa shape index (κ3) is 3.07. The highest BCUT2D eigenvalue weighted by atomic mass is 32.2. The van der Waals surface area contributed by atoms with Gasteiger partial charge in [0.15, 0.2) is 6.29 Å². The maximum Gasteiger partial charge on any atom is 0.280 e. The van der Waals surface area contributed by atoms with E-state index in [1.54, 1.807) is 12.1 Å². The maximum absolute atomic E-state index is 11.0. The Kier molecular flexibility index (Phi) is 4.09. The number of rotatable bonds is 3. The number of benzene rings is 1. The van der Waals surface area contributed by atoms with Crippen LogP contribution >= 0.6 is 11.8 Å². The van der Waals surface area contributed by atoms with Gasteiger partial charge in [0.05, 0.1) is 10.5 Å². The van der Waals surface area contributed by atoms with Crippen LogP contribution < -0.4 is 4.90 Å². The van der Waals surface area contributed by atoms with E-state index < -0.39 is 4.92 Å². The molecule has 0 N–H and O–H groups in total. The summed E-state index contributed by atoms with van der Waals surface area (Å²) in [5.41, 5.74) is 0.888. The van der Waals surface area contributed by atoms with Crippen LogP contribution in [0.2, 0.25) is 0 Å². The first-order valence-electron chi connectivity index (χ1n) is 6.15. The number of aldehydes is 1. The van der Waals surface area contributed by atoms with E-state index in [9.17, 15) is 14.9 Å². The van der Waals surface area contributed by atoms with Gasteiger partial charge in [0, 0.05) is 35.3 Å². The number of hydrogen-bond acceptors (Lipinski definition) is 5. The molecule has 0 spiro atoms. The second-order valence-electron chi connectivity index (χ2n) is 4.78. The number of nitro groups is 1. The van der Waals surface area contributed by atoms with Gasteiger partial charge < -0.3 is 4.90 Å². The minimum absolute atomic E-state index is 0.133. The van der Waals surface area contributed by atoms with E-state index in [1.165, 1.54) is 6.07 Å². The van der Waals surface area contributed by atoms with Crippen molar-refractivity contribution in [2.45, 2.75) is 24.3 Å². The molecule has 5 nitrogen and oxygen atoms in total.